The largest absolute Gasteiger partial charge is 0.336 e. The van der Waals surface area contributed by atoms with Crippen LogP contribution in [0.3, 0.4) is 0 Å². The fourth-order valence-electron chi connectivity index (χ4n) is 3.20. The molecular weight excluding hydrogens is 410 g/mol. The summed E-state index contributed by atoms with van der Waals surface area (Å²) in [4.78, 5) is 25.7. The molecule has 1 aromatic heterocycles. The summed E-state index contributed by atoms with van der Waals surface area (Å²) < 4.78 is 2.07. The number of aromatic nitrogens is 3. The first kappa shape index (κ1) is 21.6. The second kappa shape index (κ2) is 10.1. The van der Waals surface area contributed by atoms with Crippen LogP contribution >= 0.6 is 23.4 Å². The number of unbranched alkanes of at least 4 members (excludes halogenated alkanes) is 3. The first-order valence-electron chi connectivity index (χ1n) is 9.96. The number of rotatable bonds is 9. The van der Waals surface area contributed by atoms with Crippen LogP contribution in [-0.4, -0.2) is 49.9 Å². The second-order valence-electron chi connectivity index (χ2n) is 7.01. The van der Waals surface area contributed by atoms with E-state index in [0.717, 1.165) is 37.2 Å². The molecule has 0 aliphatic carbocycles. The number of imide groups is 1. The number of nitrogens with one attached hydrogen (secondary N) is 1. The minimum atomic E-state index is -0.435. The fraction of sp³-hybridized carbons (Fsp3) is 0.500. The van der Waals surface area contributed by atoms with Crippen LogP contribution in [0.1, 0.15) is 39.5 Å². The summed E-state index contributed by atoms with van der Waals surface area (Å²) >= 11 is 7.36. The highest BCUT2D eigenvalue weighted by Crippen LogP contribution is 2.29. The molecule has 1 aliphatic rings. The Hall–Kier alpha value is -2.06. The Morgan fingerprint density at radius 1 is 1.24 bits per heavy atom. The van der Waals surface area contributed by atoms with Gasteiger partial charge in [0, 0.05) is 30.2 Å². The van der Waals surface area contributed by atoms with E-state index >= 15 is 0 Å². The molecule has 7 nitrogen and oxygen atoms in total. The van der Waals surface area contributed by atoms with Gasteiger partial charge in [-0.25, -0.2) is 4.79 Å². The molecule has 1 N–H and O–H groups in total. The van der Waals surface area contributed by atoms with Crippen LogP contribution in [0, 0.1) is 0 Å². The predicted molar refractivity (Wildman–Crippen MR) is 115 cm³/mol. The van der Waals surface area contributed by atoms with Crippen molar-refractivity contribution < 1.29 is 9.59 Å². The standard InChI is InChI=1S/C20H26ClN5O2S/c1-3-4-5-6-12-25-17(15-7-9-16(21)10-8-15)23-24-20(25)29-14(2)18(27)26-13-11-22-19(26)28/h7-10,14H,3-6,11-13H2,1-2H3,(H,22,28). The van der Waals surface area contributed by atoms with Crippen LogP contribution in [0.4, 0.5) is 4.79 Å². The van der Waals surface area contributed by atoms with Gasteiger partial charge in [0.25, 0.3) is 0 Å². The molecule has 0 spiro atoms. The number of thioether (sulfide) groups is 1. The van der Waals surface area contributed by atoms with Crippen molar-refractivity contribution in [2.75, 3.05) is 13.1 Å². The molecule has 1 aliphatic heterocycles. The third-order valence-electron chi connectivity index (χ3n) is 4.81. The normalized spacial score (nSPS) is 14.9. The van der Waals surface area contributed by atoms with E-state index < -0.39 is 5.25 Å². The minimum absolute atomic E-state index is 0.210. The van der Waals surface area contributed by atoms with Crippen molar-refractivity contribution in [2.24, 2.45) is 0 Å². The number of halogens is 1. The second-order valence-corrected chi connectivity index (χ2v) is 8.75. The maximum atomic E-state index is 12.7. The van der Waals surface area contributed by atoms with E-state index in [0.29, 0.717) is 23.3 Å². The molecule has 1 saturated heterocycles. The highest BCUT2D eigenvalue weighted by Gasteiger charge is 2.31. The Balaban J connectivity index is 1.80. The average Bonchev–Trinajstić information content (AvgIpc) is 3.31. The van der Waals surface area contributed by atoms with Crippen LogP contribution in [0.5, 0.6) is 0 Å². The van der Waals surface area contributed by atoms with Crippen molar-refractivity contribution in [1.82, 2.24) is 25.0 Å². The van der Waals surface area contributed by atoms with Crippen molar-refractivity contribution in [3.63, 3.8) is 0 Å². The molecule has 1 aromatic carbocycles. The Labute approximate surface area is 180 Å². The fourth-order valence-corrected chi connectivity index (χ4v) is 4.26. The lowest BCUT2D eigenvalue weighted by molar-refractivity contribution is -0.126. The third kappa shape index (κ3) is 5.30. The van der Waals surface area contributed by atoms with Crippen LogP contribution in [0.2, 0.25) is 5.02 Å². The number of urea groups is 1. The van der Waals surface area contributed by atoms with Crippen molar-refractivity contribution in [2.45, 2.75) is 56.5 Å². The van der Waals surface area contributed by atoms with Crippen molar-refractivity contribution in [3.8, 4) is 11.4 Å². The van der Waals surface area contributed by atoms with Gasteiger partial charge in [0.05, 0.1) is 5.25 Å². The molecule has 0 radical (unpaired) electrons. The first-order valence-corrected chi connectivity index (χ1v) is 11.2. The van der Waals surface area contributed by atoms with Crippen molar-refractivity contribution in [1.29, 1.82) is 0 Å². The number of hydrogen-bond donors (Lipinski definition) is 1. The van der Waals surface area contributed by atoms with Gasteiger partial charge >= 0.3 is 6.03 Å². The number of carbonyl (C=O) groups is 2. The van der Waals surface area contributed by atoms with E-state index in [1.807, 2.05) is 24.3 Å². The van der Waals surface area contributed by atoms with Crippen molar-refractivity contribution >= 4 is 35.3 Å². The number of nitrogens with zero attached hydrogens (tertiary/aromatic N) is 4. The van der Waals surface area contributed by atoms with Crippen LogP contribution in [-0.2, 0) is 11.3 Å². The Morgan fingerprint density at radius 2 is 2.00 bits per heavy atom. The monoisotopic (exact) mass is 435 g/mol. The van der Waals surface area contributed by atoms with Gasteiger partial charge in [-0.15, -0.1) is 10.2 Å². The highest BCUT2D eigenvalue weighted by molar-refractivity contribution is 8.00. The van der Waals surface area contributed by atoms with Crippen LogP contribution in [0.25, 0.3) is 11.4 Å². The lowest BCUT2D eigenvalue weighted by Crippen LogP contribution is -2.39. The number of carbonyl (C=O) groups excluding carboxylic acids is 2. The van der Waals surface area contributed by atoms with Gasteiger partial charge < -0.3 is 9.88 Å². The molecule has 1 fully saturated rings. The maximum absolute atomic E-state index is 12.7. The van der Waals surface area contributed by atoms with Gasteiger partial charge in [0.1, 0.15) is 0 Å². The smallest absolute Gasteiger partial charge is 0.324 e. The Bertz CT molecular complexity index is 855. The molecule has 29 heavy (non-hydrogen) atoms. The van der Waals surface area contributed by atoms with Gasteiger partial charge in [0.15, 0.2) is 11.0 Å². The number of hydrogen-bond acceptors (Lipinski definition) is 5. The average molecular weight is 436 g/mol. The molecule has 0 saturated carbocycles. The van der Waals surface area contributed by atoms with E-state index in [1.54, 1.807) is 6.92 Å². The zero-order valence-corrected chi connectivity index (χ0v) is 18.3. The molecule has 156 valence electrons. The third-order valence-corrected chi connectivity index (χ3v) is 6.13. The number of amides is 3. The summed E-state index contributed by atoms with van der Waals surface area (Å²) in [5.74, 6) is 0.554. The molecule has 1 atom stereocenters. The summed E-state index contributed by atoms with van der Waals surface area (Å²) in [5, 5.41) is 12.3. The van der Waals surface area contributed by atoms with Gasteiger partial charge in [-0.3, -0.25) is 9.69 Å². The molecule has 3 amide bonds. The number of benzene rings is 1. The molecule has 9 heteroatoms. The van der Waals surface area contributed by atoms with Gasteiger partial charge in [-0.05, 0) is 37.6 Å². The topological polar surface area (TPSA) is 80.1 Å². The molecule has 2 heterocycles. The molecule has 3 rings (SSSR count). The van der Waals surface area contributed by atoms with Gasteiger partial charge in [-0.1, -0.05) is 49.5 Å². The maximum Gasteiger partial charge on any atom is 0.324 e. The molecular formula is C20H26ClN5O2S. The van der Waals surface area contributed by atoms with Crippen LogP contribution in [0.15, 0.2) is 29.4 Å². The van der Waals surface area contributed by atoms with Gasteiger partial charge in [-0.2, -0.15) is 0 Å². The quantitative estimate of drug-likeness (QED) is 0.471. The molecule has 2 aromatic rings. The lowest BCUT2D eigenvalue weighted by Gasteiger charge is -2.17. The molecule has 1 unspecified atom stereocenters. The van der Waals surface area contributed by atoms with Crippen molar-refractivity contribution in [3.05, 3.63) is 29.3 Å². The predicted octanol–water partition coefficient (Wildman–Crippen LogP) is 4.21. The Kier molecular flexibility index (Phi) is 7.55. The van der Waals surface area contributed by atoms with Crippen LogP contribution < -0.4 is 5.32 Å². The molecule has 0 bridgehead atoms. The summed E-state index contributed by atoms with van der Waals surface area (Å²) in [6, 6.07) is 7.18. The van der Waals surface area contributed by atoms with E-state index in [4.69, 9.17) is 11.6 Å². The van der Waals surface area contributed by atoms with E-state index in [-0.39, 0.29) is 11.9 Å². The Morgan fingerprint density at radius 3 is 2.66 bits per heavy atom. The lowest BCUT2D eigenvalue weighted by atomic mass is 10.2. The van der Waals surface area contributed by atoms with E-state index in [1.165, 1.54) is 23.1 Å². The van der Waals surface area contributed by atoms with E-state index in [9.17, 15) is 9.59 Å². The zero-order chi connectivity index (χ0) is 20.8. The summed E-state index contributed by atoms with van der Waals surface area (Å²) in [5.41, 5.74) is 0.933. The summed E-state index contributed by atoms with van der Waals surface area (Å²) in [6.07, 6.45) is 4.48. The van der Waals surface area contributed by atoms with Gasteiger partial charge in [0.2, 0.25) is 5.91 Å². The minimum Gasteiger partial charge on any atom is -0.336 e. The zero-order valence-electron chi connectivity index (χ0n) is 16.7. The first-order chi connectivity index (χ1) is 14.0. The van der Waals surface area contributed by atoms with E-state index in [2.05, 4.69) is 27.0 Å². The SMILES string of the molecule is CCCCCCn1c(SC(C)C(=O)N2CCNC2=O)nnc1-c1ccc(Cl)cc1. The highest BCUT2D eigenvalue weighted by atomic mass is 35.5. The summed E-state index contributed by atoms with van der Waals surface area (Å²) in [7, 11) is 0. The summed E-state index contributed by atoms with van der Waals surface area (Å²) in [6.45, 7) is 5.66.